The SMILES string of the molecule is c1ccc(-c2nc(-c3ccccc3)nc(-c3ccc4c(c3)C3(C5=C(c6c3sc3ccccc63)N(c3ccccc3)c3ccccc3O5)c3ccccc3-4)n2)cc1. The summed E-state index contributed by atoms with van der Waals surface area (Å²) in [6.45, 7) is 0. The van der Waals surface area contributed by atoms with Crippen LogP contribution in [0.2, 0.25) is 0 Å². The standard InChI is InChI=1S/C50H30N4OS/c1-4-16-31(17-5-1)47-51-48(32-18-6-2-7-19-32)53-49(52-47)33-28-29-36-35-22-10-12-24-38(35)50(39(36)30-33)45-44(43-37-23-11-15-27-42(37)56-46(43)50)54(34-20-8-3-9-21-34)40-25-13-14-26-41(40)55-45/h1-30H. The van der Waals surface area contributed by atoms with E-state index in [1.165, 1.54) is 37.2 Å². The Bertz CT molecular complexity index is 3010. The third-order valence-electron chi connectivity index (χ3n) is 11.3. The normalized spacial score (nSPS) is 16.0. The van der Waals surface area contributed by atoms with Gasteiger partial charge in [-0.1, -0.05) is 146 Å². The van der Waals surface area contributed by atoms with E-state index >= 15 is 0 Å². The van der Waals surface area contributed by atoms with Crippen LogP contribution in [0.3, 0.4) is 0 Å². The third kappa shape index (κ3) is 4.33. The predicted molar refractivity (Wildman–Crippen MR) is 226 cm³/mol. The van der Waals surface area contributed by atoms with E-state index in [0.29, 0.717) is 17.5 Å². The van der Waals surface area contributed by atoms with Gasteiger partial charge in [0.05, 0.1) is 11.4 Å². The molecule has 0 amide bonds. The van der Waals surface area contributed by atoms with Gasteiger partial charge >= 0.3 is 0 Å². The number of aromatic nitrogens is 3. The molecule has 0 N–H and O–H groups in total. The molecule has 7 aromatic carbocycles. The zero-order chi connectivity index (χ0) is 36.8. The second-order valence-electron chi connectivity index (χ2n) is 14.3. The molecular formula is C50H30N4OS. The molecule has 3 aliphatic rings. The quantitative estimate of drug-likeness (QED) is 0.180. The van der Waals surface area contributed by atoms with Crippen molar-refractivity contribution in [3.63, 3.8) is 0 Å². The van der Waals surface area contributed by atoms with Crippen molar-refractivity contribution >= 4 is 38.5 Å². The molecule has 0 bridgehead atoms. The van der Waals surface area contributed by atoms with E-state index in [-0.39, 0.29) is 0 Å². The molecule has 0 radical (unpaired) electrons. The highest BCUT2D eigenvalue weighted by molar-refractivity contribution is 7.19. The van der Waals surface area contributed by atoms with Crippen LogP contribution < -0.4 is 9.64 Å². The zero-order valence-corrected chi connectivity index (χ0v) is 30.7. The minimum atomic E-state index is -0.742. The number of hydrogen-bond acceptors (Lipinski definition) is 6. The average molecular weight is 735 g/mol. The maximum absolute atomic E-state index is 7.35. The summed E-state index contributed by atoms with van der Waals surface area (Å²) in [5.74, 6) is 3.64. The fourth-order valence-corrected chi connectivity index (χ4v) is 10.3. The molecule has 1 atom stereocenters. The van der Waals surface area contributed by atoms with Crippen molar-refractivity contribution in [2.45, 2.75) is 5.41 Å². The summed E-state index contributed by atoms with van der Waals surface area (Å²) in [5, 5.41) is 1.22. The van der Waals surface area contributed by atoms with Crippen molar-refractivity contribution in [2.24, 2.45) is 0 Å². The van der Waals surface area contributed by atoms with Crippen LogP contribution in [0.4, 0.5) is 11.4 Å². The molecule has 0 saturated carbocycles. The third-order valence-corrected chi connectivity index (χ3v) is 12.6. The maximum atomic E-state index is 7.35. The number of benzene rings is 7. The fourth-order valence-electron chi connectivity index (χ4n) is 8.93. The Balaban J connectivity index is 1.17. The van der Waals surface area contributed by atoms with Crippen LogP contribution in [-0.2, 0) is 5.41 Å². The molecule has 262 valence electrons. The van der Waals surface area contributed by atoms with Gasteiger partial charge < -0.3 is 9.64 Å². The van der Waals surface area contributed by atoms with Crippen LogP contribution in [0.5, 0.6) is 5.75 Å². The van der Waals surface area contributed by atoms with E-state index in [1.807, 2.05) is 47.7 Å². The van der Waals surface area contributed by atoms with Crippen LogP contribution >= 0.6 is 11.3 Å². The Morgan fingerprint density at radius 1 is 0.500 bits per heavy atom. The highest BCUT2D eigenvalue weighted by Gasteiger charge is 2.59. The summed E-state index contributed by atoms with van der Waals surface area (Å²) >= 11 is 1.86. The molecule has 1 spiro atoms. The number of fused-ring (bicyclic) bond motifs is 12. The van der Waals surface area contributed by atoms with Crippen LogP contribution in [0.1, 0.15) is 21.6 Å². The second kappa shape index (κ2) is 11.9. The molecular weight excluding hydrogens is 705 g/mol. The molecule has 6 heteroatoms. The number of thiophene rings is 1. The molecule has 12 rings (SSSR count). The summed E-state index contributed by atoms with van der Waals surface area (Å²) in [6, 6.07) is 63.8. The molecule has 3 heterocycles. The highest BCUT2D eigenvalue weighted by atomic mass is 32.1. The monoisotopic (exact) mass is 734 g/mol. The Kier molecular flexibility index (Phi) is 6.65. The molecule has 56 heavy (non-hydrogen) atoms. The Hall–Kier alpha value is -7.15. The first-order chi connectivity index (χ1) is 27.8. The van der Waals surface area contributed by atoms with Crippen molar-refractivity contribution in [1.29, 1.82) is 0 Å². The molecule has 5 nitrogen and oxygen atoms in total. The molecule has 2 aliphatic carbocycles. The number of nitrogens with zero attached hydrogens (tertiary/aromatic N) is 4. The van der Waals surface area contributed by atoms with Crippen molar-refractivity contribution in [1.82, 2.24) is 15.0 Å². The fraction of sp³-hybridized carbons (Fsp3) is 0.0200. The van der Waals surface area contributed by atoms with Crippen LogP contribution in [-0.4, -0.2) is 15.0 Å². The smallest absolute Gasteiger partial charge is 0.164 e. The first-order valence-corrected chi connectivity index (χ1v) is 19.6. The maximum Gasteiger partial charge on any atom is 0.164 e. The lowest BCUT2D eigenvalue weighted by Gasteiger charge is -2.37. The summed E-state index contributed by atoms with van der Waals surface area (Å²) < 4.78 is 8.60. The lowest BCUT2D eigenvalue weighted by molar-refractivity contribution is 0.371. The summed E-state index contributed by atoms with van der Waals surface area (Å²) in [5.41, 5.74) is 11.2. The number of hydrogen-bond donors (Lipinski definition) is 0. The zero-order valence-electron chi connectivity index (χ0n) is 29.9. The predicted octanol–water partition coefficient (Wildman–Crippen LogP) is 12.3. The van der Waals surface area contributed by atoms with E-state index in [9.17, 15) is 0 Å². The molecule has 1 aliphatic heterocycles. The van der Waals surface area contributed by atoms with Crippen molar-refractivity contribution < 1.29 is 4.74 Å². The van der Waals surface area contributed by atoms with E-state index in [2.05, 4.69) is 150 Å². The number of allylic oxidation sites excluding steroid dienone is 1. The van der Waals surface area contributed by atoms with Gasteiger partial charge in [0, 0.05) is 42.9 Å². The lowest BCUT2D eigenvalue weighted by Crippen LogP contribution is -2.32. The number of para-hydroxylation sites is 3. The van der Waals surface area contributed by atoms with Crippen molar-refractivity contribution in [3.8, 4) is 51.0 Å². The number of anilines is 2. The minimum absolute atomic E-state index is 0.621. The number of rotatable bonds is 4. The van der Waals surface area contributed by atoms with Crippen LogP contribution in [0.15, 0.2) is 188 Å². The van der Waals surface area contributed by atoms with Gasteiger partial charge in [0.25, 0.3) is 0 Å². The summed E-state index contributed by atoms with van der Waals surface area (Å²) in [6.07, 6.45) is 0. The topological polar surface area (TPSA) is 51.1 Å². The van der Waals surface area contributed by atoms with Gasteiger partial charge in [-0.3, -0.25) is 0 Å². The van der Waals surface area contributed by atoms with E-state index in [1.54, 1.807) is 0 Å². The average Bonchev–Trinajstić information content (AvgIpc) is 3.89. The van der Waals surface area contributed by atoms with Gasteiger partial charge in [-0.15, -0.1) is 11.3 Å². The van der Waals surface area contributed by atoms with E-state index in [0.717, 1.165) is 50.8 Å². The number of ether oxygens (including phenoxy) is 1. The first-order valence-electron chi connectivity index (χ1n) is 18.8. The Morgan fingerprint density at radius 2 is 1.09 bits per heavy atom. The van der Waals surface area contributed by atoms with Gasteiger partial charge in [-0.2, -0.15) is 0 Å². The van der Waals surface area contributed by atoms with Crippen LogP contribution in [0.25, 0.3) is 61.1 Å². The Labute approximate surface area is 327 Å². The molecule has 1 unspecified atom stereocenters. The first kappa shape index (κ1) is 31.2. The highest BCUT2D eigenvalue weighted by Crippen LogP contribution is 2.68. The van der Waals surface area contributed by atoms with Gasteiger partial charge in [0.15, 0.2) is 23.2 Å². The van der Waals surface area contributed by atoms with E-state index in [4.69, 9.17) is 19.7 Å². The van der Waals surface area contributed by atoms with Gasteiger partial charge in [-0.05, 0) is 58.7 Å². The van der Waals surface area contributed by atoms with Crippen molar-refractivity contribution in [3.05, 3.63) is 209 Å². The van der Waals surface area contributed by atoms with Crippen molar-refractivity contribution in [2.75, 3.05) is 4.90 Å². The molecule has 0 fully saturated rings. The second-order valence-corrected chi connectivity index (χ2v) is 15.4. The molecule has 9 aromatic rings. The molecule has 0 saturated heterocycles. The minimum Gasteiger partial charge on any atom is -0.456 e. The van der Waals surface area contributed by atoms with Gasteiger partial charge in [0.2, 0.25) is 0 Å². The van der Waals surface area contributed by atoms with Gasteiger partial charge in [0.1, 0.15) is 11.2 Å². The van der Waals surface area contributed by atoms with Crippen LogP contribution in [0, 0.1) is 0 Å². The summed E-state index contributed by atoms with van der Waals surface area (Å²) in [7, 11) is 0. The Morgan fingerprint density at radius 3 is 1.84 bits per heavy atom. The largest absolute Gasteiger partial charge is 0.456 e. The van der Waals surface area contributed by atoms with E-state index < -0.39 is 5.41 Å². The van der Waals surface area contributed by atoms with Gasteiger partial charge in [-0.25, -0.2) is 15.0 Å². The lowest BCUT2D eigenvalue weighted by atomic mass is 9.76. The summed E-state index contributed by atoms with van der Waals surface area (Å²) in [4.78, 5) is 19.0. The molecule has 2 aromatic heterocycles.